The van der Waals surface area contributed by atoms with Gasteiger partial charge in [-0.2, -0.15) is 0 Å². The van der Waals surface area contributed by atoms with Crippen molar-refractivity contribution in [3.05, 3.63) is 307 Å². The van der Waals surface area contributed by atoms with Crippen LogP contribution in [0.3, 0.4) is 0 Å². The second kappa shape index (κ2) is 17.8. The van der Waals surface area contributed by atoms with Crippen molar-refractivity contribution in [2.24, 2.45) is 0 Å². The first kappa shape index (κ1) is 44.0. The molecule has 3 heteroatoms. The van der Waals surface area contributed by atoms with Gasteiger partial charge >= 0.3 is 0 Å². The van der Waals surface area contributed by atoms with Gasteiger partial charge in [0.2, 0.25) is 0 Å². The number of anilines is 3. The molecule has 0 saturated carbocycles. The Kier molecular flexibility index (Phi) is 10.3. The normalized spacial score (nSPS) is 12.6. The minimum Gasteiger partial charge on any atom is -0.455 e. The molecule has 0 atom stereocenters. The van der Waals surface area contributed by atoms with Gasteiger partial charge in [-0.15, -0.1) is 11.3 Å². The van der Waals surface area contributed by atoms with Crippen LogP contribution in [0.5, 0.6) is 0 Å². The van der Waals surface area contributed by atoms with Crippen molar-refractivity contribution in [2.45, 2.75) is 5.41 Å². The molecule has 0 spiro atoms. The number of thiophene rings is 1. The molecule has 2 heterocycles. The summed E-state index contributed by atoms with van der Waals surface area (Å²) in [6, 6.07) is 104. The van der Waals surface area contributed by atoms with E-state index in [1.54, 1.807) is 0 Å². The quantitative estimate of drug-likeness (QED) is 0.143. The molecular formula is C73H47NOS. The fourth-order valence-electron chi connectivity index (χ4n) is 12.3. The Morgan fingerprint density at radius 2 is 0.763 bits per heavy atom. The zero-order chi connectivity index (χ0) is 50.2. The molecule has 2 aromatic heterocycles. The van der Waals surface area contributed by atoms with Gasteiger partial charge in [0.1, 0.15) is 11.2 Å². The maximum atomic E-state index is 6.42. The molecule has 0 amide bonds. The molecule has 0 bridgehead atoms. The van der Waals surface area contributed by atoms with Gasteiger partial charge in [-0.25, -0.2) is 0 Å². The first-order valence-electron chi connectivity index (χ1n) is 26.1. The van der Waals surface area contributed by atoms with Crippen LogP contribution in [0.15, 0.2) is 290 Å². The van der Waals surface area contributed by atoms with Gasteiger partial charge in [-0.1, -0.05) is 237 Å². The summed E-state index contributed by atoms with van der Waals surface area (Å²) in [5, 5.41) is 4.92. The summed E-state index contributed by atoms with van der Waals surface area (Å²) < 4.78 is 9.07. The van der Waals surface area contributed by atoms with E-state index in [9.17, 15) is 0 Å². The van der Waals surface area contributed by atoms with E-state index in [4.69, 9.17) is 4.42 Å². The van der Waals surface area contributed by atoms with Gasteiger partial charge in [0.15, 0.2) is 0 Å². The molecule has 0 N–H and O–H groups in total. The summed E-state index contributed by atoms with van der Waals surface area (Å²) >= 11 is 1.88. The monoisotopic (exact) mass is 985 g/mol. The van der Waals surface area contributed by atoms with Crippen LogP contribution in [0.2, 0.25) is 0 Å². The lowest BCUT2D eigenvalue weighted by atomic mass is 9.68. The molecule has 0 radical (unpaired) electrons. The van der Waals surface area contributed by atoms with E-state index in [2.05, 4.69) is 278 Å². The van der Waals surface area contributed by atoms with E-state index in [1.807, 2.05) is 23.5 Å². The molecule has 12 aromatic carbocycles. The van der Waals surface area contributed by atoms with Crippen LogP contribution in [0, 0.1) is 0 Å². The van der Waals surface area contributed by atoms with E-state index in [0.717, 1.165) is 61.3 Å². The largest absolute Gasteiger partial charge is 0.455 e. The summed E-state index contributed by atoms with van der Waals surface area (Å²) in [4.78, 5) is 2.41. The van der Waals surface area contributed by atoms with Crippen molar-refractivity contribution in [3.63, 3.8) is 0 Å². The maximum absolute atomic E-state index is 6.42. The zero-order valence-electron chi connectivity index (χ0n) is 41.4. The fraction of sp³-hybridized carbons (Fsp3) is 0.0137. The molecule has 2 nitrogen and oxygen atoms in total. The van der Waals surface area contributed by atoms with E-state index < -0.39 is 5.41 Å². The van der Waals surface area contributed by atoms with Gasteiger partial charge < -0.3 is 9.32 Å². The summed E-state index contributed by atoms with van der Waals surface area (Å²) in [7, 11) is 0. The lowest BCUT2D eigenvalue weighted by Gasteiger charge is -2.34. The van der Waals surface area contributed by atoms with Crippen LogP contribution in [-0.4, -0.2) is 0 Å². The Morgan fingerprint density at radius 1 is 0.303 bits per heavy atom. The third-order valence-electron chi connectivity index (χ3n) is 15.8. The Morgan fingerprint density at radius 3 is 1.42 bits per heavy atom. The molecule has 1 aliphatic carbocycles. The summed E-state index contributed by atoms with van der Waals surface area (Å²) in [5.74, 6) is 0. The zero-order valence-corrected chi connectivity index (χ0v) is 42.2. The SMILES string of the molecule is c1ccc(C2(c3ccccc3)c3ccccc3-c3cc(N(c4ccc(-c5ccc(-c6cccc7c6oc6ccccc67)cc5)cc4)c4ccc(-c5ccc(-c6cccc7c6sc6ccccc67)cc5)cc4)ccc32)cc1. The van der Waals surface area contributed by atoms with Crippen LogP contribution in [0.4, 0.5) is 17.1 Å². The number of furan rings is 1. The van der Waals surface area contributed by atoms with Crippen molar-refractivity contribution in [1.29, 1.82) is 0 Å². The van der Waals surface area contributed by atoms with Crippen LogP contribution in [0.1, 0.15) is 22.3 Å². The van der Waals surface area contributed by atoms with Crippen LogP contribution >= 0.6 is 11.3 Å². The number of benzene rings is 12. The van der Waals surface area contributed by atoms with Crippen molar-refractivity contribution >= 4 is 70.5 Å². The minimum absolute atomic E-state index is 0.477. The summed E-state index contributed by atoms with van der Waals surface area (Å²) in [6.45, 7) is 0. The minimum atomic E-state index is -0.477. The number of nitrogens with zero attached hydrogens (tertiary/aromatic N) is 1. The van der Waals surface area contributed by atoms with E-state index in [0.29, 0.717) is 0 Å². The third kappa shape index (κ3) is 7.01. The maximum Gasteiger partial charge on any atom is 0.143 e. The highest BCUT2D eigenvalue weighted by Gasteiger charge is 2.46. The van der Waals surface area contributed by atoms with E-state index in [-0.39, 0.29) is 0 Å². The standard InChI is InChI=1S/C73H47NOS/c1-3-15-54(16-4-1)73(55-17-5-2-6-18-55)67-26-10-7-19-61(67)66-47-58(45-46-68(66)73)74(56-41-37-50(38-42-56)48-29-33-52(34-30-48)59-22-13-24-64-62-20-8-11-27-69(62)75-71(59)64)57-43-39-51(40-44-57)49-31-35-53(36-32-49)60-23-14-25-65-63-21-9-12-28-70(63)76-72(60)65/h1-47H. The van der Waals surface area contributed by atoms with Crippen LogP contribution in [0.25, 0.3) is 97.7 Å². The molecule has 0 aliphatic heterocycles. The van der Waals surface area contributed by atoms with Gasteiger partial charge in [0, 0.05) is 53.6 Å². The smallest absolute Gasteiger partial charge is 0.143 e. The molecule has 0 fully saturated rings. The number of hydrogen-bond acceptors (Lipinski definition) is 3. The van der Waals surface area contributed by atoms with Crippen molar-refractivity contribution in [3.8, 4) is 55.6 Å². The molecular weight excluding hydrogens is 939 g/mol. The number of hydrogen-bond donors (Lipinski definition) is 0. The lowest BCUT2D eigenvalue weighted by Crippen LogP contribution is -2.28. The average molecular weight is 986 g/mol. The Bertz CT molecular complexity index is 4240. The highest BCUT2D eigenvalue weighted by molar-refractivity contribution is 7.26. The van der Waals surface area contributed by atoms with E-state index in [1.165, 1.54) is 75.8 Å². The highest BCUT2D eigenvalue weighted by atomic mass is 32.1. The third-order valence-corrected chi connectivity index (χ3v) is 17.0. The number of rotatable bonds is 9. The van der Waals surface area contributed by atoms with Crippen molar-refractivity contribution in [2.75, 3.05) is 4.90 Å². The Hall–Kier alpha value is -9.54. The van der Waals surface area contributed by atoms with Crippen molar-refractivity contribution in [1.82, 2.24) is 0 Å². The summed E-state index contributed by atoms with van der Waals surface area (Å²) in [6.07, 6.45) is 0. The van der Waals surface area contributed by atoms with Crippen LogP contribution in [-0.2, 0) is 5.41 Å². The first-order chi connectivity index (χ1) is 37.7. The molecule has 1 aliphatic rings. The van der Waals surface area contributed by atoms with Gasteiger partial charge in [-0.05, 0) is 121 Å². The second-order valence-electron chi connectivity index (χ2n) is 19.9. The molecule has 0 unspecified atom stereocenters. The Balaban J connectivity index is 0.812. The molecule has 356 valence electrons. The molecule has 76 heavy (non-hydrogen) atoms. The first-order valence-corrected chi connectivity index (χ1v) is 26.9. The van der Waals surface area contributed by atoms with Crippen molar-refractivity contribution < 1.29 is 4.42 Å². The fourth-order valence-corrected chi connectivity index (χ4v) is 13.5. The van der Waals surface area contributed by atoms with E-state index >= 15 is 0 Å². The predicted octanol–water partition coefficient (Wildman–Crippen LogP) is 20.5. The van der Waals surface area contributed by atoms with Gasteiger partial charge in [-0.3, -0.25) is 0 Å². The van der Waals surface area contributed by atoms with Gasteiger partial charge in [0.05, 0.1) is 5.41 Å². The summed E-state index contributed by atoms with van der Waals surface area (Å²) in [5.41, 5.74) is 21.6. The molecule has 0 saturated heterocycles. The average Bonchev–Trinajstić information content (AvgIpc) is 4.21. The lowest BCUT2D eigenvalue weighted by molar-refractivity contribution is 0.670. The number of para-hydroxylation sites is 2. The molecule has 14 aromatic rings. The second-order valence-corrected chi connectivity index (χ2v) is 21.0. The Labute approximate surface area is 445 Å². The van der Waals surface area contributed by atoms with Gasteiger partial charge in [0.25, 0.3) is 0 Å². The predicted molar refractivity (Wildman–Crippen MR) is 320 cm³/mol. The number of fused-ring (bicyclic) bond motifs is 9. The highest BCUT2D eigenvalue weighted by Crippen LogP contribution is 2.57. The molecule has 15 rings (SSSR count). The van der Waals surface area contributed by atoms with Crippen LogP contribution < -0.4 is 4.90 Å². The topological polar surface area (TPSA) is 16.4 Å².